The number of amides is 1. The number of thiocarbonyl (C=S) groups is 1. The van der Waals surface area contributed by atoms with Crippen molar-refractivity contribution in [1.82, 2.24) is 14.1 Å². The number of fused-ring (bicyclic) bond motifs is 1. The number of carbonyl (C=O) groups is 1. The van der Waals surface area contributed by atoms with Crippen LogP contribution in [0.2, 0.25) is 0 Å². The molecule has 110 valence electrons. The summed E-state index contributed by atoms with van der Waals surface area (Å²) in [6.07, 6.45) is 0. The van der Waals surface area contributed by atoms with Crippen molar-refractivity contribution in [2.75, 3.05) is 5.32 Å². The standard InChI is InChI=1S/C15H12N4OS2/c1-9-2-5-11(6-3-9)16-15(21)17-14(20)10-4-7-12-13(8-10)19-22-18-12/h2-8H,1H3,(H2,16,17,20,21). The molecule has 0 aliphatic carbocycles. The molecule has 2 aromatic carbocycles. The van der Waals surface area contributed by atoms with E-state index in [-0.39, 0.29) is 11.0 Å². The van der Waals surface area contributed by atoms with Gasteiger partial charge in [0, 0.05) is 11.3 Å². The van der Waals surface area contributed by atoms with Gasteiger partial charge in [-0.05, 0) is 49.5 Å². The molecule has 0 saturated heterocycles. The van der Waals surface area contributed by atoms with Crippen LogP contribution in [0.5, 0.6) is 0 Å². The lowest BCUT2D eigenvalue weighted by molar-refractivity contribution is 0.0978. The fourth-order valence-corrected chi connectivity index (χ4v) is 2.63. The maximum Gasteiger partial charge on any atom is 0.257 e. The molecule has 0 bridgehead atoms. The third-order valence-corrected chi connectivity index (χ3v) is 3.81. The van der Waals surface area contributed by atoms with Gasteiger partial charge in [0.05, 0.1) is 11.7 Å². The van der Waals surface area contributed by atoms with E-state index in [0.29, 0.717) is 11.1 Å². The van der Waals surface area contributed by atoms with Crippen LogP contribution >= 0.6 is 23.9 Å². The highest BCUT2D eigenvalue weighted by atomic mass is 32.1. The Morgan fingerprint density at radius 2 is 1.82 bits per heavy atom. The Morgan fingerprint density at radius 3 is 2.59 bits per heavy atom. The molecule has 2 N–H and O–H groups in total. The van der Waals surface area contributed by atoms with Gasteiger partial charge in [-0.1, -0.05) is 17.7 Å². The summed E-state index contributed by atoms with van der Waals surface area (Å²) in [5, 5.41) is 5.88. The van der Waals surface area contributed by atoms with E-state index in [1.165, 1.54) is 0 Å². The fraction of sp³-hybridized carbons (Fsp3) is 0.0667. The highest BCUT2D eigenvalue weighted by molar-refractivity contribution is 7.80. The van der Waals surface area contributed by atoms with Crippen LogP contribution in [0.3, 0.4) is 0 Å². The van der Waals surface area contributed by atoms with Gasteiger partial charge in [0.2, 0.25) is 0 Å². The molecule has 1 heterocycles. The van der Waals surface area contributed by atoms with Crippen molar-refractivity contribution in [3.05, 3.63) is 53.6 Å². The Balaban J connectivity index is 1.67. The summed E-state index contributed by atoms with van der Waals surface area (Å²) < 4.78 is 8.22. The second-order valence-electron chi connectivity index (χ2n) is 4.74. The summed E-state index contributed by atoms with van der Waals surface area (Å²) in [7, 11) is 0. The maximum atomic E-state index is 12.2. The van der Waals surface area contributed by atoms with Gasteiger partial charge in [-0.15, -0.1) is 0 Å². The topological polar surface area (TPSA) is 66.9 Å². The highest BCUT2D eigenvalue weighted by Crippen LogP contribution is 2.13. The minimum atomic E-state index is -0.278. The maximum absolute atomic E-state index is 12.2. The number of nitrogens with one attached hydrogen (secondary N) is 2. The lowest BCUT2D eigenvalue weighted by Crippen LogP contribution is -2.34. The minimum Gasteiger partial charge on any atom is -0.332 e. The minimum absolute atomic E-state index is 0.255. The van der Waals surface area contributed by atoms with Gasteiger partial charge in [-0.2, -0.15) is 8.75 Å². The van der Waals surface area contributed by atoms with Crippen molar-refractivity contribution in [3.8, 4) is 0 Å². The van der Waals surface area contributed by atoms with E-state index in [1.54, 1.807) is 18.2 Å². The van der Waals surface area contributed by atoms with Crippen LogP contribution in [0, 0.1) is 6.92 Å². The molecule has 0 fully saturated rings. The van der Waals surface area contributed by atoms with E-state index in [0.717, 1.165) is 28.5 Å². The molecule has 3 rings (SSSR count). The number of rotatable bonds is 2. The summed E-state index contributed by atoms with van der Waals surface area (Å²) in [5.41, 5.74) is 3.96. The van der Waals surface area contributed by atoms with Crippen LogP contribution in [0.25, 0.3) is 11.0 Å². The summed E-state index contributed by atoms with van der Waals surface area (Å²) in [5.74, 6) is -0.278. The first-order valence-corrected chi connectivity index (χ1v) is 7.67. The number of nitrogens with zero attached hydrogens (tertiary/aromatic N) is 2. The third-order valence-electron chi connectivity index (χ3n) is 3.05. The Labute approximate surface area is 136 Å². The van der Waals surface area contributed by atoms with Crippen molar-refractivity contribution >= 4 is 51.7 Å². The summed E-state index contributed by atoms with van der Waals surface area (Å²) in [4.78, 5) is 12.2. The smallest absolute Gasteiger partial charge is 0.257 e. The zero-order valence-corrected chi connectivity index (χ0v) is 13.3. The number of anilines is 1. The Morgan fingerprint density at radius 1 is 1.09 bits per heavy atom. The van der Waals surface area contributed by atoms with Gasteiger partial charge >= 0.3 is 0 Å². The van der Waals surface area contributed by atoms with Crippen molar-refractivity contribution in [1.29, 1.82) is 0 Å². The number of carbonyl (C=O) groups excluding carboxylic acids is 1. The van der Waals surface area contributed by atoms with E-state index >= 15 is 0 Å². The van der Waals surface area contributed by atoms with Crippen molar-refractivity contribution in [2.24, 2.45) is 0 Å². The first-order valence-electron chi connectivity index (χ1n) is 6.53. The van der Waals surface area contributed by atoms with Crippen LogP contribution in [-0.2, 0) is 0 Å². The van der Waals surface area contributed by atoms with Crippen molar-refractivity contribution in [2.45, 2.75) is 6.92 Å². The highest BCUT2D eigenvalue weighted by Gasteiger charge is 2.10. The largest absolute Gasteiger partial charge is 0.332 e. The zero-order valence-electron chi connectivity index (χ0n) is 11.7. The molecule has 1 aromatic heterocycles. The Bertz CT molecular complexity index is 842. The van der Waals surface area contributed by atoms with Gasteiger partial charge in [0.1, 0.15) is 11.0 Å². The molecule has 1 amide bonds. The molecule has 22 heavy (non-hydrogen) atoms. The predicted molar refractivity (Wildman–Crippen MR) is 92.3 cm³/mol. The van der Waals surface area contributed by atoms with E-state index in [1.807, 2.05) is 31.2 Å². The number of aromatic nitrogens is 2. The molecule has 0 spiro atoms. The van der Waals surface area contributed by atoms with Crippen molar-refractivity contribution in [3.63, 3.8) is 0 Å². The number of aryl methyl sites for hydroxylation is 1. The van der Waals surface area contributed by atoms with Gasteiger partial charge < -0.3 is 5.32 Å². The van der Waals surface area contributed by atoms with Crippen LogP contribution in [-0.4, -0.2) is 19.8 Å². The van der Waals surface area contributed by atoms with Crippen molar-refractivity contribution < 1.29 is 4.79 Å². The molecule has 0 unspecified atom stereocenters. The SMILES string of the molecule is Cc1ccc(NC(=S)NC(=O)c2ccc3nsnc3c2)cc1. The molecule has 0 saturated carbocycles. The molecule has 7 heteroatoms. The Kier molecular flexibility index (Phi) is 4.08. The first kappa shape index (κ1) is 14.6. The average Bonchev–Trinajstić information content (AvgIpc) is 2.97. The van der Waals surface area contributed by atoms with Crippen LogP contribution in [0.1, 0.15) is 15.9 Å². The normalized spacial score (nSPS) is 10.4. The summed E-state index contributed by atoms with van der Waals surface area (Å²) >= 11 is 6.28. The lowest BCUT2D eigenvalue weighted by atomic mass is 10.2. The molecule has 0 aliphatic rings. The van der Waals surface area contributed by atoms with Gasteiger partial charge in [-0.25, -0.2) is 0 Å². The van der Waals surface area contributed by atoms with E-state index in [2.05, 4.69) is 19.4 Å². The summed E-state index contributed by atoms with van der Waals surface area (Å²) in [6.45, 7) is 2.01. The van der Waals surface area contributed by atoms with Gasteiger partial charge in [-0.3, -0.25) is 10.1 Å². The zero-order chi connectivity index (χ0) is 15.5. The number of hydrogen-bond acceptors (Lipinski definition) is 5. The fourth-order valence-electron chi connectivity index (χ4n) is 1.90. The monoisotopic (exact) mass is 328 g/mol. The second kappa shape index (κ2) is 6.17. The Hall–Kier alpha value is -2.38. The average molecular weight is 328 g/mol. The molecule has 0 atom stereocenters. The number of benzene rings is 2. The lowest BCUT2D eigenvalue weighted by Gasteiger charge is -2.09. The molecule has 0 aliphatic heterocycles. The van der Waals surface area contributed by atoms with Crippen LogP contribution in [0.4, 0.5) is 5.69 Å². The van der Waals surface area contributed by atoms with E-state index in [9.17, 15) is 4.79 Å². The second-order valence-corrected chi connectivity index (χ2v) is 5.68. The van der Waals surface area contributed by atoms with E-state index < -0.39 is 0 Å². The summed E-state index contributed by atoms with van der Waals surface area (Å²) in [6, 6.07) is 12.9. The van der Waals surface area contributed by atoms with Gasteiger partial charge in [0.25, 0.3) is 5.91 Å². The molecule has 0 radical (unpaired) electrons. The molecular weight excluding hydrogens is 316 g/mol. The van der Waals surface area contributed by atoms with Crippen LogP contribution in [0.15, 0.2) is 42.5 Å². The van der Waals surface area contributed by atoms with E-state index in [4.69, 9.17) is 12.2 Å². The van der Waals surface area contributed by atoms with Crippen LogP contribution < -0.4 is 10.6 Å². The van der Waals surface area contributed by atoms with Gasteiger partial charge in [0.15, 0.2) is 5.11 Å². The number of hydrogen-bond donors (Lipinski definition) is 2. The molecule has 3 aromatic rings. The quantitative estimate of drug-likeness (QED) is 0.708. The molecular formula is C15H12N4OS2. The first-order chi connectivity index (χ1) is 10.6. The third kappa shape index (κ3) is 3.26. The molecule has 5 nitrogen and oxygen atoms in total. The predicted octanol–water partition coefficient (Wildman–Crippen LogP) is 3.13.